The molecule has 1 amide bonds. The topological polar surface area (TPSA) is 75.3 Å². The van der Waals surface area contributed by atoms with E-state index in [0.29, 0.717) is 5.02 Å². The van der Waals surface area contributed by atoms with Crippen molar-refractivity contribution < 1.29 is 22.0 Å². The molecule has 144 valence electrons. The van der Waals surface area contributed by atoms with E-state index in [9.17, 15) is 22.0 Å². The summed E-state index contributed by atoms with van der Waals surface area (Å²) in [4.78, 5) is 11.7. The van der Waals surface area contributed by atoms with Crippen molar-refractivity contribution in [3.05, 3.63) is 89.0 Å². The van der Waals surface area contributed by atoms with Gasteiger partial charge < -0.3 is 5.32 Å². The zero-order valence-corrected chi connectivity index (χ0v) is 15.7. The molecule has 9 heteroatoms. The molecule has 0 unspecified atom stereocenters. The van der Waals surface area contributed by atoms with Gasteiger partial charge in [-0.3, -0.25) is 9.52 Å². The van der Waals surface area contributed by atoms with E-state index in [-0.39, 0.29) is 21.8 Å². The standard InChI is InChI=1S/C19H13ClF2N2O3S/c20-12-5-7-13(8-6-12)24-28(26,27)14-9-10-18(17(22)11-14)23-19(25)15-3-1-2-4-16(15)21/h1-11,24H,(H,23,25). The van der Waals surface area contributed by atoms with Crippen molar-refractivity contribution in [2.24, 2.45) is 0 Å². The first-order chi connectivity index (χ1) is 13.3. The van der Waals surface area contributed by atoms with E-state index in [1.54, 1.807) is 0 Å². The summed E-state index contributed by atoms with van der Waals surface area (Å²) in [6.45, 7) is 0. The Labute approximate surface area is 165 Å². The zero-order chi connectivity index (χ0) is 20.3. The maximum atomic E-state index is 14.3. The third-order valence-corrected chi connectivity index (χ3v) is 5.34. The van der Waals surface area contributed by atoms with E-state index in [0.717, 1.165) is 24.3 Å². The van der Waals surface area contributed by atoms with Crippen molar-refractivity contribution in [1.82, 2.24) is 0 Å². The molecule has 0 saturated carbocycles. The fraction of sp³-hybridized carbons (Fsp3) is 0. The van der Waals surface area contributed by atoms with Crippen LogP contribution in [0.1, 0.15) is 10.4 Å². The third-order valence-electron chi connectivity index (χ3n) is 3.71. The highest BCUT2D eigenvalue weighted by molar-refractivity contribution is 7.92. The SMILES string of the molecule is O=C(Nc1ccc(S(=O)(=O)Nc2ccc(Cl)cc2)cc1F)c1ccccc1F. The van der Waals surface area contributed by atoms with Gasteiger partial charge in [0.1, 0.15) is 11.6 Å². The summed E-state index contributed by atoms with van der Waals surface area (Å²) in [5.41, 5.74) is -0.288. The van der Waals surface area contributed by atoms with Crippen LogP contribution in [-0.2, 0) is 10.0 Å². The second kappa shape index (κ2) is 7.95. The molecule has 3 aromatic rings. The van der Waals surface area contributed by atoms with Gasteiger partial charge in [-0.15, -0.1) is 0 Å². The van der Waals surface area contributed by atoms with Crippen LogP contribution in [0.4, 0.5) is 20.2 Å². The zero-order valence-electron chi connectivity index (χ0n) is 14.1. The van der Waals surface area contributed by atoms with Gasteiger partial charge in [-0.05, 0) is 54.6 Å². The number of benzene rings is 3. The van der Waals surface area contributed by atoms with Gasteiger partial charge in [0.15, 0.2) is 0 Å². The van der Waals surface area contributed by atoms with Gasteiger partial charge in [-0.1, -0.05) is 23.7 Å². The normalized spacial score (nSPS) is 11.1. The molecular weight excluding hydrogens is 410 g/mol. The first-order valence-electron chi connectivity index (χ1n) is 7.90. The largest absolute Gasteiger partial charge is 0.319 e. The minimum atomic E-state index is -4.06. The Balaban J connectivity index is 1.80. The van der Waals surface area contributed by atoms with Crippen LogP contribution in [0.5, 0.6) is 0 Å². The summed E-state index contributed by atoms with van der Waals surface area (Å²) in [7, 11) is -4.06. The van der Waals surface area contributed by atoms with Crippen LogP contribution < -0.4 is 10.0 Å². The number of rotatable bonds is 5. The summed E-state index contributed by atoms with van der Waals surface area (Å²) >= 11 is 5.75. The van der Waals surface area contributed by atoms with Gasteiger partial charge in [-0.25, -0.2) is 17.2 Å². The van der Waals surface area contributed by atoms with Crippen LogP contribution in [0.15, 0.2) is 71.6 Å². The lowest BCUT2D eigenvalue weighted by atomic mass is 10.2. The predicted octanol–water partition coefficient (Wildman–Crippen LogP) is 4.67. The Hall–Kier alpha value is -2.97. The molecule has 0 aromatic heterocycles. The van der Waals surface area contributed by atoms with E-state index >= 15 is 0 Å². The Kier molecular flexibility index (Phi) is 5.62. The van der Waals surface area contributed by atoms with E-state index in [4.69, 9.17) is 11.6 Å². The summed E-state index contributed by atoms with van der Waals surface area (Å²) in [5, 5.41) is 2.65. The molecule has 0 aliphatic carbocycles. The molecule has 3 aromatic carbocycles. The lowest BCUT2D eigenvalue weighted by molar-refractivity contribution is 0.102. The molecule has 0 spiro atoms. The van der Waals surface area contributed by atoms with E-state index in [2.05, 4.69) is 10.0 Å². The number of anilines is 2. The predicted molar refractivity (Wildman–Crippen MR) is 103 cm³/mol. The average Bonchev–Trinajstić information content (AvgIpc) is 2.65. The molecule has 2 N–H and O–H groups in total. The van der Waals surface area contributed by atoms with Gasteiger partial charge in [-0.2, -0.15) is 0 Å². The van der Waals surface area contributed by atoms with Crippen molar-refractivity contribution in [3.63, 3.8) is 0 Å². The summed E-state index contributed by atoms with van der Waals surface area (Å²) in [5.74, 6) is -2.60. The Morgan fingerprint density at radius 1 is 0.893 bits per heavy atom. The number of hydrogen-bond donors (Lipinski definition) is 2. The molecule has 28 heavy (non-hydrogen) atoms. The van der Waals surface area contributed by atoms with Crippen molar-refractivity contribution in [2.75, 3.05) is 10.0 Å². The van der Waals surface area contributed by atoms with Crippen molar-refractivity contribution in [2.45, 2.75) is 4.90 Å². The molecule has 3 rings (SSSR count). The van der Waals surface area contributed by atoms with Gasteiger partial charge in [0, 0.05) is 10.7 Å². The summed E-state index contributed by atoms with van der Waals surface area (Å²) in [6.07, 6.45) is 0. The van der Waals surface area contributed by atoms with E-state index in [1.807, 2.05) is 0 Å². The smallest absolute Gasteiger partial charge is 0.261 e. The van der Waals surface area contributed by atoms with Crippen LogP contribution in [0.3, 0.4) is 0 Å². The van der Waals surface area contributed by atoms with Crippen molar-refractivity contribution in [3.8, 4) is 0 Å². The van der Waals surface area contributed by atoms with Crippen LogP contribution in [0.25, 0.3) is 0 Å². The lowest BCUT2D eigenvalue weighted by Crippen LogP contribution is -2.16. The van der Waals surface area contributed by atoms with Gasteiger partial charge in [0.2, 0.25) is 0 Å². The second-order valence-electron chi connectivity index (χ2n) is 5.69. The number of sulfonamides is 1. The lowest BCUT2D eigenvalue weighted by Gasteiger charge is -2.11. The van der Waals surface area contributed by atoms with Crippen LogP contribution in [0, 0.1) is 11.6 Å². The van der Waals surface area contributed by atoms with Crippen molar-refractivity contribution in [1.29, 1.82) is 0 Å². The number of hydrogen-bond acceptors (Lipinski definition) is 3. The number of carbonyl (C=O) groups excluding carboxylic acids is 1. The van der Waals surface area contributed by atoms with E-state index < -0.39 is 27.6 Å². The maximum absolute atomic E-state index is 14.3. The minimum Gasteiger partial charge on any atom is -0.319 e. The number of carbonyl (C=O) groups is 1. The highest BCUT2D eigenvalue weighted by atomic mass is 35.5. The first kappa shape index (κ1) is 19.8. The Bertz CT molecular complexity index is 1140. The van der Waals surface area contributed by atoms with Crippen LogP contribution in [0.2, 0.25) is 5.02 Å². The highest BCUT2D eigenvalue weighted by Gasteiger charge is 2.18. The Morgan fingerprint density at radius 3 is 2.21 bits per heavy atom. The Morgan fingerprint density at radius 2 is 1.57 bits per heavy atom. The molecule has 5 nitrogen and oxygen atoms in total. The monoisotopic (exact) mass is 422 g/mol. The minimum absolute atomic E-state index is 0.252. The molecule has 0 saturated heterocycles. The number of halogens is 3. The molecule has 0 radical (unpaired) electrons. The molecule has 0 fully saturated rings. The highest BCUT2D eigenvalue weighted by Crippen LogP contribution is 2.23. The first-order valence-corrected chi connectivity index (χ1v) is 9.76. The maximum Gasteiger partial charge on any atom is 0.261 e. The third kappa shape index (κ3) is 4.47. The number of amides is 1. The summed E-state index contributed by atoms with van der Waals surface area (Å²) in [6, 6.07) is 14.1. The molecule has 0 atom stereocenters. The second-order valence-corrected chi connectivity index (χ2v) is 7.81. The average molecular weight is 423 g/mol. The molecule has 0 heterocycles. The van der Waals surface area contributed by atoms with Gasteiger partial charge in [0.25, 0.3) is 15.9 Å². The van der Waals surface area contributed by atoms with Gasteiger partial charge in [0.05, 0.1) is 16.1 Å². The fourth-order valence-electron chi connectivity index (χ4n) is 2.33. The summed E-state index contributed by atoms with van der Waals surface area (Å²) < 4.78 is 55.0. The van der Waals surface area contributed by atoms with Gasteiger partial charge >= 0.3 is 0 Å². The molecule has 0 aliphatic heterocycles. The number of nitrogens with one attached hydrogen (secondary N) is 2. The molecular formula is C19H13ClF2N2O3S. The fourth-order valence-corrected chi connectivity index (χ4v) is 3.53. The van der Waals surface area contributed by atoms with Crippen LogP contribution in [-0.4, -0.2) is 14.3 Å². The van der Waals surface area contributed by atoms with Crippen LogP contribution >= 0.6 is 11.6 Å². The molecule has 0 aliphatic rings. The van der Waals surface area contributed by atoms with Crippen molar-refractivity contribution >= 4 is 38.9 Å². The molecule has 0 bridgehead atoms. The van der Waals surface area contributed by atoms with E-state index in [1.165, 1.54) is 42.5 Å². The quantitative estimate of drug-likeness (QED) is 0.627.